The molecule has 0 bridgehead atoms. The molecular formula is C20H21Cl2N3O5. The minimum atomic E-state index is -0.883. The van der Waals surface area contributed by atoms with Gasteiger partial charge >= 0.3 is 11.8 Å². The van der Waals surface area contributed by atoms with Crippen LogP contribution in [0.25, 0.3) is 0 Å². The first-order valence-corrected chi connectivity index (χ1v) is 9.55. The molecule has 0 saturated carbocycles. The van der Waals surface area contributed by atoms with E-state index in [9.17, 15) is 9.59 Å². The smallest absolute Gasteiger partial charge is 0.329 e. The molecule has 0 atom stereocenters. The van der Waals surface area contributed by atoms with Crippen LogP contribution in [0.5, 0.6) is 11.5 Å². The maximum atomic E-state index is 11.6. The van der Waals surface area contributed by atoms with Gasteiger partial charge in [0.25, 0.3) is 0 Å². The number of methoxy groups -OCH3 is 2. The first kappa shape index (κ1) is 23.5. The molecule has 0 aromatic heterocycles. The van der Waals surface area contributed by atoms with Crippen molar-refractivity contribution in [3.63, 3.8) is 0 Å². The van der Waals surface area contributed by atoms with Crippen molar-refractivity contribution < 1.29 is 23.8 Å². The van der Waals surface area contributed by atoms with Gasteiger partial charge in [-0.1, -0.05) is 29.3 Å². The van der Waals surface area contributed by atoms with E-state index >= 15 is 0 Å². The standard InChI is InChI=1S/C20H21Cl2N3O5/c1-28-9-8-23-19(26)20(27)25-24-11-13-6-7-17(18(10-13)29-2)30-12-14-15(21)4-3-5-16(14)22/h3-7,10-11H,8-9,12H2,1-2H3,(H,23,26)(H,25,27)/b24-11-. The highest BCUT2D eigenvalue weighted by Crippen LogP contribution is 2.31. The molecule has 0 heterocycles. The van der Waals surface area contributed by atoms with Gasteiger partial charge in [0, 0.05) is 29.3 Å². The van der Waals surface area contributed by atoms with Crippen molar-refractivity contribution in [3.8, 4) is 11.5 Å². The number of ether oxygens (including phenoxy) is 3. The minimum absolute atomic E-state index is 0.163. The van der Waals surface area contributed by atoms with Crippen molar-refractivity contribution in [2.75, 3.05) is 27.4 Å². The Morgan fingerprint density at radius 2 is 1.80 bits per heavy atom. The van der Waals surface area contributed by atoms with Gasteiger partial charge < -0.3 is 19.5 Å². The zero-order valence-electron chi connectivity index (χ0n) is 16.4. The van der Waals surface area contributed by atoms with Crippen LogP contribution in [0.3, 0.4) is 0 Å². The van der Waals surface area contributed by atoms with Crippen LogP contribution in [0.1, 0.15) is 11.1 Å². The zero-order valence-corrected chi connectivity index (χ0v) is 17.9. The maximum absolute atomic E-state index is 11.6. The van der Waals surface area contributed by atoms with Gasteiger partial charge in [0.15, 0.2) is 11.5 Å². The number of amides is 2. The van der Waals surface area contributed by atoms with E-state index in [1.54, 1.807) is 36.4 Å². The average Bonchev–Trinajstić information content (AvgIpc) is 2.74. The lowest BCUT2D eigenvalue weighted by atomic mass is 10.2. The van der Waals surface area contributed by atoms with Crippen LogP contribution in [-0.2, 0) is 20.9 Å². The van der Waals surface area contributed by atoms with E-state index < -0.39 is 11.8 Å². The number of hydrogen-bond acceptors (Lipinski definition) is 6. The molecular weight excluding hydrogens is 433 g/mol. The van der Waals surface area contributed by atoms with Crippen LogP contribution in [0.2, 0.25) is 10.0 Å². The van der Waals surface area contributed by atoms with E-state index in [1.165, 1.54) is 20.4 Å². The highest BCUT2D eigenvalue weighted by atomic mass is 35.5. The fourth-order valence-corrected chi connectivity index (χ4v) is 2.77. The summed E-state index contributed by atoms with van der Waals surface area (Å²) >= 11 is 12.3. The number of carbonyl (C=O) groups excluding carboxylic acids is 2. The Balaban J connectivity index is 1.97. The quantitative estimate of drug-likeness (QED) is 0.263. The van der Waals surface area contributed by atoms with E-state index in [2.05, 4.69) is 15.8 Å². The van der Waals surface area contributed by atoms with Gasteiger partial charge in [-0.3, -0.25) is 9.59 Å². The Morgan fingerprint density at radius 1 is 1.07 bits per heavy atom. The van der Waals surface area contributed by atoms with Gasteiger partial charge in [-0.25, -0.2) is 5.43 Å². The molecule has 8 nitrogen and oxygen atoms in total. The number of nitrogens with one attached hydrogen (secondary N) is 2. The van der Waals surface area contributed by atoms with Crippen molar-refractivity contribution in [1.29, 1.82) is 0 Å². The molecule has 0 aliphatic carbocycles. The summed E-state index contributed by atoms with van der Waals surface area (Å²) < 4.78 is 15.9. The lowest BCUT2D eigenvalue weighted by Crippen LogP contribution is -2.39. The van der Waals surface area contributed by atoms with Crippen molar-refractivity contribution in [1.82, 2.24) is 10.7 Å². The Bertz CT molecular complexity index is 901. The van der Waals surface area contributed by atoms with Crippen LogP contribution >= 0.6 is 23.2 Å². The second-order valence-corrected chi connectivity index (χ2v) is 6.66. The first-order chi connectivity index (χ1) is 14.5. The lowest BCUT2D eigenvalue weighted by molar-refractivity contribution is -0.139. The van der Waals surface area contributed by atoms with Gasteiger partial charge in [0.1, 0.15) is 6.61 Å². The molecule has 0 radical (unpaired) electrons. The zero-order chi connectivity index (χ0) is 21.9. The topological polar surface area (TPSA) is 98.2 Å². The third-order valence-electron chi connectivity index (χ3n) is 3.80. The molecule has 2 rings (SSSR count). The highest BCUT2D eigenvalue weighted by Gasteiger charge is 2.12. The van der Waals surface area contributed by atoms with Gasteiger partial charge in [0.05, 0.1) is 19.9 Å². The maximum Gasteiger partial charge on any atom is 0.329 e. The van der Waals surface area contributed by atoms with E-state index in [0.717, 1.165) is 0 Å². The SMILES string of the molecule is COCCNC(=O)C(=O)N/N=C\c1ccc(OCc2c(Cl)cccc2Cl)c(OC)c1. The number of rotatable bonds is 9. The molecule has 0 aliphatic heterocycles. The molecule has 30 heavy (non-hydrogen) atoms. The van der Waals surface area contributed by atoms with Gasteiger partial charge in [-0.05, 0) is 35.9 Å². The molecule has 160 valence electrons. The lowest BCUT2D eigenvalue weighted by Gasteiger charge is -2.13. The number of halogens is 2. The molecule has 10 heteroatoms. The van der Waals surface area contributed by atoms with Gasteiger partial charge in [-0.2, -0.15) is 5.10 Å². The number of nitrogens with zero attached hydrogens (tertiary/aromatic N) is 1. The molecule has 2 aromatic rings. The van der Waals surface area contributed by atoms with Crippen LogP contribution < -0.4 is 20.2 Å². The van der Waals surface area contributed by atoms with Crippen LogP contribution in [0.15, 0.2) is 41.5 Å². The summed E-state index contributed by atoms with van der Waals surface area (Å²) in [4.78, 5) is 23.2. The molecule has 2 aromatic carbocycles. The second-order valence-electron chi connectivity index (χ2n) is 5.85. The molecule has 0 spiro atoms. The monoisotopic (exact) mass is 453 g/mol. The summed E-state index contributed by atoms with van der Waals surface area (Å²) in [5.74, 6) is -0.757. The van der Waals surface area contributed by atoms with E-state index in [0.29, 0.717) is 39.3 Å². The Morgan fingerprint density at radius 3 is 2.47 bits per heavy atom. The Hall–Kier alpha value is -2.81. The fraction of sp³-hybridized carbons (Fsp3) is 0.250. The molecule has 0 unspecified atom stereocenters. The number of carbonyl (C=O) groups is 2. The summed E-state index contributed by atoms with van der Waals surface area (Å²) in [6.45, 7) is 0.695. The minimum Gasteiger partial charge on any atom is -0.493 e. The first-order valence-electron chi connectivity index (χ1n) is 8.80. The Kier molecular flexibility index (Phi) is 9.40. The summed E-state index contributed by atoms with van der Waals surface area (Å²) in [6.07, 6.45) is 1.37. The van der Waals surface area contributed by atoms with Crippen LogP contribution in [0, 0.1) is 0 Å². The molecule has 0 saturated heterocycles. The molecule has 0 aliphatic rings. The number of hydrogen-bond donors (Lipinski definition) is 2. The van der Waals surface area contributed by atoms with E-state index in [-0.39, 0.29) is 13.2 Å². The highest BCUT2D eigenvalue weighted by molar-refractivity contribution is 6.36. The van der Waals surface area contributed by atoms with E-state index in [1.807, 2.05) is 0 Å². The summed E-state index contributed by atoms with van der Waals surface area (Å²) in [5, 5.41) is 7.17. The van der Waals surface area contributed by atoms with Crippen LogP contribution in [0.4, 0.5) is 0 Å². The summed E-state index contributed by atoms with van der Waals surface area (Å²) in [5.41, 5.74) is 3.43. The summed E-state index contributed by atoms with van der Waals surface area (Å²) in [7, 11) is 2.99. The molecule has 2 N–H and O–H groups in total. The van der Waals surface area contributed by atoms with Crippen molar-refractivity contribution >= 4 is 41.2 Å². The third-order valence-corrected chi connectivity index (χ3v) is 4.51. The predicted octanol–water partition coefficient (Wildman–Crippen LogP) is 2.79. The van der Waals surface area contributed by atoms with Crippen LogP contribution in [-0.4, -0.2) is 45.4 Å². The van der Waals surface area contributed by atoms with Crippen molar-refractivity contribution in [2.45, 2.75) is 6.61 Å². The molecule has 0 fully saturated rings. The van der Waals surface area contributed by atoms with E-state index in [4.69, 9.17) is 37.4 Å². The second kappa shape index (κ2) is 12.0. The fourth-order valence-electron chi connectivity index (χ4n) is 2.27. The Labute approximate surface area is 184 Å². The number of hydrazone groups is 1. The molecule has 2 amide bonds. The largest absolute Gasteiger partial charge is 0.493 e. The van der Waals surface area contributed by atoms with Crippen molar-refractivity contribution in [3.05, 3.63) is 57.6 Å². The normalized spacial score (nSPS) is 10.7. The summed E-state index contributed by atoms with van der Waals surface area (Å²) in [6, 6.07) is 10.3. The van der Waals surface area contributed by atoms with Gasteiger partial charge in [-0.15, -0.1) is 0 Å². The number of benzene rings is 2. The third kappa shape index (κ3) is 6.91. The van der Waals surface area contributed by atoms with Gasteiger partial charge in [0.2, 0.25) is 0 Å². The predicted molar refractivity (Wildman–Crippen MR) is 114 cm³/mol. The average molecular weight is 454 g/mol. The van der Waals surface area contributed by atoms with Crippen molar-refractivity contribution in [2.24, 2.45) is 5.10 Å².